The van der Waals surface area contributed by atoms with Gasteiger partial charge in [0, 0.05) is 11.1 Å². The second-order valence-electron chi connectivity index (χ2n) is 5.78. The fraction of sp³-hybridized carbons (Fsp3) is 0.667. The Labute approximate surface area is 130 Å². The molecule has 0 heterocycles. The van der Waals surface area contributed by atoms with Crippen LogP contribution in [0.3, 0.4) is 0 Å². The Bertz CT molecular complexity index is 383. The molecule has 1 atom stereocenters. The zero-order chi connectivity index (χ0) is 15.0. The Hall–Kier alpha value is -0.530. The summed E-state index contributed by atoms with van der Waals surface area (Å²) in [4.78, 5) is 0. The summed E-state index contributed by atoms with van der Waals surface area (Å²) >= 11 is 6.32. The Balaban J connectivity index is 2.98. The largest absolute Gasteiger partial charge is 0.310 e. The lowest BCUT2D eigenvalue weighted by Gasteiger charge is -2.29. The van der Waals surface area contributed by atoms with Crippen LogP contribution in [0.5, 0.6) is 0 Å². The highest BCUT2D eigenvalue weighted by Crippen LogP contribution is 2.31. The van der Waals surface area contributed by atoms with Gasteiger partial charge in [-0.05, 0) is 55.8 Å². The van der Waals surface area contributed by atoms with Crippen LogP contribution in [-0.2, 0) is 0 Å². The molecule has 0 saturated heterocycles. The summed E-state index contributed by atoms with van der Waals surface area (Å²) < 4.78 is 0. The first-order valence-corrected chi connectivity index (χ1v) is 8.51. The molecule has 0 bridgehead atoms. The first kappa shape index (κ1) is 17.5. The first-order chi connectivity index (χ1) is 9.63. The minimum absolute atomic E-state index is 0.438. The number of hydrogen-bond donors (Lipinski definition) is 1. The second-order valence-corrected chi connectivity index (χ2v) is 6.19. The molecule has 1 nitrogen and oxygen atoms in total. The van der Waals surface area contributed by atoms with Crippen molar-refractivity contribution in [1.29, 1.82) is 0 Å². The van der Waals surface area contributed by atoms with Crippen molar-refractivity contribution in [2.75, 3.05) is 6.54 Å². The van der Waals surface area contributed by atoms with Crippen LogP contribution in [0.25, 0.3) is 0 Å². The van der Waals surface area contributed by atoms with Crippen molar-refractivity contribution in [3.05, 3.63) is 34.3 Å². The maximum Gasteiger partial charge on any atom is 0.0438 e. The van der Waals surface area contributed by atoms with Gasteiger partial charge >= 0.3 is 0 Å². The third kappa shape index (κ3) is 5.10. The Morgan fingerprint density at radius 2 is 1.70 bits per heavy atom. The van der Waals surface area contributed by atoms with Gasteiger partial charge in [0.2, 0.25) is 0 Å². The van der Waals surface area contributed by atoms with Gasteiger partial charge in [-0.15, -0.1) is 0 Å². The molecule has 2 heteroatoms. The van der Waals surface area contributed by atoms with E-state index in [9.17, 15) is 0 Å². The summed E-state index contributed by atoms with van der Waals surface area (Å²) in [7, 11) is 0. The summed E-state index contributed by atoms with van der Waals surface area (Å²) in [6, 6.07) is 6.98. The van der Waals surface area contributed by atoms with E-state index in [1.165, 1.54) is 37.7 Å². The standard InChI is InChI=1S/C18H30ClN/c1-5-8-15(9-6-2)18(20-12-7-3)16-11-10-14(4)17(19)13-16/h10-11,13,15,18,20H,5-9,12H2,1-4H3. The molecule has 0 spiro atoms. The van der Waals surface area contributed by atoms with Crippen molar-refractivity contribution in [1.82, 2.24) is 5.32 Å². The van der Waals surface area contributed by atoms with E-state index in [1.807, 2.05) is 0 Å². The Morgan fingerprint density at radius 3 is 2.20 bits per heavy atom. The third-order valence-corrected chi connectivity index (χ3v) is 4.37. The van der Waals surface area contributed by atoms with E-state index in [2.05, 4.69) is 51.2 Å². The van der Waals surface area contributed by atoms with Gasteiger partial charge in [-0.25, -0.2) is 0 Å². The average molecular weight is 296 g/mol. The van der Waals surface area contributed by atoms with E-state index in [4.69, 9.17) is 11.6 Å². The Kier molecular flexibility index (Phi) is 8.25. The third-order valence-electron chi connectivity index (χ3n) is 3.96. The van der Waals surface area contributed by atoms with E-state index in [0.717, 1.165) is 17.1 Å². The highest BCUT2D eigenvalue weighted by molar-refractivity contribution is 6.31. The van der Waals surface area contributed by atoms with Gasteiger partial charge in [0.15, 0.2) is 0 Å². The lowest BCUT2D eigenvalue weighted by molar-refractivity contribution is 0.316. The van der Waals surface area contributed by atoms with Crippen LogP contribution < -0.4 is 5.32 Å². The van der Waals surface area contributed by atoms with Crippen LogP contribution in [0.2, 0.25) is 5.02 Å². The first-order valence-electron chi connectivity index (χ1n) is 8.13. The van der Waals surface area contributed by atoms with Crippen molar-refractivity contribution >= 4 is 11.6 Å². The molecule has 1 unspecified atom stereocenters. The monoisotopic (exact) mass is 295 g/mol. The molecule has 1 rings (SSSR count). The molecule has 0 aliphatic heterocycles. The summed E-state index contributed by atoms with van der Waals surface area (Å²) in [6.07, 6.45) is 6.21. The van der Waals surface area contributed by atoms with Crippen LogP contribution >= 0.6 is 11.6 Å². The van der Waals surface area contributed by atoms with Gasteiger partial charge in [0.25, 0.3) is 0 Å². The molecule has 0 aliphatic carbocycles. The van der Waals surface area contributed by atoms with Crippen molar-refractivity contribution in [3.63, 3.8) is 0 Å². The number of benzene rings is 1. The average Bonchev–Trinajstić information content (AvgIpc) is 2.43. The maximum absolute atomic E-state index is 6.32. The fourth-order valence-electron chi connectivity index (χ4n) is 2.88. The zero-order valence-electron chi connectivity index (χ0n) is 13.5. The number of halogens is 1. The predicted molar refractivity (Wildman–Crippen MR) is 90.5 cm³/mol. The normalized spacial score (nSPS) is 12.9. The smallest absolute Gasteiger partial charge is 0.0438 e. The molecule has 0 aliphatic rings. The highest BCUT2D eigenvalue weighted by Gasteiger charge is 2.21. The Morgan fingerprint density at radius 1 is 1.05 bits per heavy atom. The topological polar surface area (TPSA) is 12.0 Å². The quantitative estimate of drug-likeness (QED) is 0.597. The van der Waals surface area contributed by atoms with Crippen molar-refractivity contribution in [2.45, 2.75) is 65.8 Å². The van der Waals surface area contributed by atoms with Gasteiger partial charge in [-0.2, -0.15) is 0 Å². The highest BCUT2D eigenvalue weighted by atomic mass is 35.5. The van der Waals surface area contributed by atoms with Gasteiger partial charge in [0.05, 0.1) is 0 Å². The molecule has 1 aromatic rings. The van der Waals surface area contributed by atoms with Gasteiger partial charge in [-0.3, -0.25) is 0 Å². The van der Waals surface area contributed by atoms with E-state index < -0.39 is 0 Å². The van der Waals surface area contributed by atoms with Crippen LogP contribution in [0.4, 0.5) is 0 Å². The SMILES string of the molecule is CCCNC(c1ccc(C)c(Cl)c1)C(CCC)CCC. The summed E-state index contributed by atoms with van der Waals surface area (Å²) in [6.45, 7) is 9.92. The fourth-order valence-corrected chi connectivity index (χ4v) is 3.07. The maximum atomic E-state index is 6.32. The molecule has 0 saturated carbocycles. The van der Waals surface area contributed by atoms with Crippen molar-refractivity contribution < 1.29 is 0 Å². The minimum Gasteiger partial charge on any atom is -0.310 e. The molecular weight excluding hydrogens is 266 g/mol. The molecule has 0 aromatic heterocycles. The van der Waals surface area contributed by atoms with E-state index in [1.54, 1.807) is 0 Å². The predicted octanol–water partition coefficient (Wildman–Crippen LogP) is 5.91. The van der Waals surface area contributed by atoms with Gasteiger partial charge in [-0.1, -0.05) is 57.3 Å². The minimum atomic E-state index is 0.438. The van der Waals surface area contributed by atoms with Gasteiger partial charge in [0.1, 0.15) is 0 Å². The molecule has 0 amide bonds. The van der Waals surface area contributed by atoms with Crippen LogP contribution in [-0.4, -0.2) is 6.54 Å². The number of aryl methyl sites for hydroxylation is 1. The summed E-state index contributed by atoms with van der Waals surface area (Å²) in [5.74, 6) is 0.704. The van der Waals surface area contributed by atoms with E-state index in [-0.39, 0.29) is 0 Å². The second kappa shape index (κ2) is 9.41. The molecule has 0 fully saturated rings. The van der Waals surface area contributed by atoms with Gasteiger partial charge < -0.3 is 5.32 Å². The van der Waals surface area contributed by atoms with E-state index >= 15 is 0 Å². The molecule has 0 radical (unpaired) electrons. The van der Waals surface area contributed by atoms with Crippen molar-refractivity contribution in [2.24, 2.45) is 5.92 Å². The van der Waals surface area contributed by atoms with Crippen LogP contribution in [0.15, 0.2) is 18.2 Å². The number of rotatable bonds is 9. The lowest BCUT2D eigenvalue weighted by atomic mass is 9.85. The van der Waals surface area contributed by atoms with Crippen LogP contribution in [0.1, 0.15) is 70.0 Å². The van der Waals surface area contributed by atoms with Crippen molar-refractivity contribution in [3.8, 4) is 0 Å². The lowest BCUT2D eigenvalue weighted by Crippen LogP contribution is -2.29. The zero-order valence-corrected chi connectivity index (χ0v) is 14.3. The van der Waals surface area contributed by atoms with E-state index in [0.29, 0.717) is 12.0 Å². The summed E-state index contributed by atoms with van der Waals surface area (Å²) in [5.41, 5.74) is 2.51. The molecular formula is C18H30ClN. The summed E-state index contributed by atoms with van der Waals surface area (Å²) in [5, 5.41) is 4.63. The number of hydrogen-bond acceptors (Lipinski definition) is 1. The molecule has 1 aromatic carbocycles. The molecule has 1 N–H and O–H groups in total. The van der Waals surface area contributed by atoms with Crippen LogP contribution in [0, 0.1) is 12.8 Å². The molecule has 20 heavy (non-hydrogen) atoms. The molecule has 114 valence electrons. The number of nitrogens with one attached hydrogen (secondary N) is 1.